The molecule has 4 aromatic rings. The summed E-state index contributed by atoms with van der Waals surface area (Å²) in [5.74, 6) is 1.10. The maximum atomic E-state index is 4.73. The number of aryl methyl sites for hydroxylation is 2. The summed E-state index contributed by atoms with van der Waals surface area (Å²) in [6.07, 6.45) is 0. The number of benzene rings is 2. The molecule has 2 N–H and O–H groups in total. The van der Waals surface area contributed by atoms with E-state index in [-0.39, 0.29) is 0 Å². The van der Waals surface area contributed by atoms with Crippen LogP contribution in [0.4, 0.5) is 23.0 Å². The van der Waals surface area contributed by atoms with Crippen molar-refractivity contribution in [1.29, 1.82) is 0 Å². The van der Waals surface area contributed by atoms with Crippen LogP contribution in [0.15, 0.2) is 53.2 Å². The van der Waals surface area contributed by atoms with Gasteiger partial charge in [0.05, 0.1) is 0 Å². The van der Waals surface area contributed by atoms with Crippen molar-refractivity contribution < 1.29 is 4.63 Å². The quantitative estimate of drug-likeness (QED) is 0.581. The van der Waals surface area contributed by atoms with Crippen molar-refractivity contribution in [2.75, 3.05) is 10.6 Å². The van der Waals surface area contributed by atoms with Crippen molar-refractivity contribution in [2.24, 2.45) is 0 Å². The summed E-state index contributed by atoms with van der Waals surface area (Å²) in [6.45, 7) is 4.08. The van der Waals surface area contributed by atoms with Gasteiger partial charge in [-0.1, -0.05) is 29.8 Å². The van der Waals surface area contributed by atoms with Gasteiger partial charge < -0.3 is 10.6 Å². The molecule has 4 rings (SSSR count). The molecular weight excluding hydrogens is 316 g/mol. The summed E-state index contributed by atoms with van der Waals surface area (Å²) in [4.78, 5) is 8.94. The first-order valence-electron chi connectivity index (χ1n) is 7.85. The number of rotatable bonds is 4. The van der Waals surface area contributed by atoms with E-state index in [2.05, 4.69) is 30.9 Å². The number of aromatic nitrogens is 4. The molecule has 25 heavy (non-hydrogen) atoms. The second-order valence-electron chi connectivity index (χ2n) is 5.82. The van der Waals surface area contributed by atoms with Crippen LogP contribution in [0.2, 0.25) is 0 Å². The molecule has 0 aliphatic rings. The predicted octanol–water partition coefficient (Wildman–Crippen LogP) is 4.12. The molecule has 0 spiro atoms. The van der Waals surface area contributed by atoms with Gasteiger partial charge in [-0.3, -0.25) is 0 Å². The first-order valence-corrected chi connectivity index (χ1v) is 7.85. The average molecular weight is 332 g/mol. The smallest absolute Gasteiger partial charge is 0.245 e. The minimum Gasteiger partial charge on any atom is -0.337 e. The van der Waals surface area contributed by atoms with E-state index in [0.29, 0.717) is 22.9 Å². The molecule has 0 saturated heterocycles. The van der Waals surface area contributed by atoms with Crippen LogP contribution in [0.5, 0.6) is 0 Å². The summed E-state index contributed by atoms with van der Waals surface area (Å²) < 4.78 is 4.73. The number of nitrogens with zero attached hydrogens (tertiary/aromatic N) is 4. The normalized spacial score (nSPS) is 10.8. The Balaban J connectivity index is 1.74. The van der Waals surface area contributed by atoms with Crippen LogP contribution in [-0.2, 0) is 0 Å². The Kier molecular flexibility index (Phi) is 3.74. The molecule has 0 saturated carbocycles. The monoisotopic (exact) mass is 332 g/mol. The molecule has 2 aromatic heterocycles. The summed E-state index contributed by atoms with van der Waals surface area (Å²) >= 11 is 0. The SMILES string of the molecule is Cc1ccc(Nc2nc3nonc3nc2Nc2cccc(C)c2)cc1. The number of fused-ring (bicyclic) bond motifs is 1. The minimum atomic E-state index is 0.351. The van der Waals surface area contributed by atoms with Crippen LogP contribution in [0.3, 0.4) is 0 Å². The van der Waals surface area contributed by atoms with Crippen LogP contribution < -0.4 is 10.6 Å². The van der Waals surface area contributed by atoms with Gasteiger partial charge >= 0.3 is 0 Å². The number of hydrogen-bond acceptors (Lipinski definition) is 7. The number of anilines is 4. The van der Waals surface area contributed by atoms with Gasteiger partial charge in [-0.15, -0.1) is 0 Å². The molecule has 2 aromatic carbocycles. The first-order chi connectivity index (χ1) is 12.2. The minimum absolute atomic E-state index is 0.351. The molecule has 0 fully saturated rings. The Morgan fingerprint density at radius 2 is 1.36 bits per heavy atom. The Labute approximate surface area is 144 Å². The Morgan fingerprint density at radius 1 is 0.720 bits per heavy atom. The van der Waals surface area contributed by atoms with E-state index in [1.54, 1.807) is 0 Å². The molecule has 7 heteroatoms. The zero-order valence-corrected chi connectivity index (χ0v) is 13.8. The van der Waals surface area contributed by atoms with Gasteiger partial charge in [0, 0.05) is 11.4 Å². The van der Waals surface area contributed by atoms with Crippen molar-refractivity contribution in [3.05, 3.63) is 59.7 Å². The maximum absolute atomic E-state index is 4.73. The maximum Gasteiger partial charge on any atom is 0.245 e. The zero-order chi connectivity index (χ0) is 17.2. The Bertz CT molecular complexity index is 1030. The molecule has 0 radical (unpaired) electrons. The standard InChI is InChI=1S/C18H16N6O/c1-11-6-8-13(9-7-11)19-15-16(20-14-5-3-4-12(2)10-14)22-18-17(21-15)23-25-24-18/h3-10H,1-2H3,(H,19,21,23)(H,20,22,24). The number of hydrogen-bond donors (Lipinski definition) is 2. The third-order valence-corrected chi connectivity index (χ3v) is 3.71. The van der Waals surface area contributed by atoms with Gasteiger partial charge in [0.25, 0.3) is 0 Å². The molecular formula is C18H16N6O. The average Bonchev–Trinajstić information content (AvgIpc) is 3.04. The van der Waals surface area contributed by atoms with Gasteiger partial charge in [-0.25, -0.2) is 14.6 Å². The lowest BCUT2D eigenvalue weighted by Crippen LogP contribution is -2.03. The topological polar surface area (TPSA) is 88.8 Å². The molecule has 0 unspecified atom stereocenters. The van der Waals surface area contributed by atoms with Crippen LogP contribution in [0.1, 0.15) is 11.1 Å². The van der Waals surface area contributed by atoms with Crippen LogP contribution in [-0.4, -0.2) is 20.3 Å². The van der Waals surface area contributed by atoms with E-state index in [1.807, 2.05) is 62.4 Å². The van der Waals surface area contributed by atoms with E-state index >= 15 is 0 Å². The van der Waals surface area contributed by atoms with Gasteiger partial charge in [-0.05, 0) is 54.0 Å². The molecule has 0 bridgehead atoms. The zero-order valence-electron chi connectivity index (χ0n) is 13.8. The fourth-order valence-corrected chi connectivity index (χ4v) is 2.45. The van der Waals surface area contributed by atoms with E-state index in [1.165, 1.54) is 5.56 Å². The molecule has 0 aliphatic carbocycles. The highest BCUT2D eigenvalue weighted by Gasteiger charge is 2.13. The molecule has 0 amide bonds. The highest BCUT2D eigenvalue weighted by atomic mass is 16.6. The summed E-state index contributed by atoms with van der Waals surface area (Å²) in [5.41, 5.74) is 4.86. The van der Waals surface area contributed by atoms with Gasteiger partial charge in [-0.2, -0.15) is 0 Å². The summed E-state index contributed by atoms with van der Waals surface area (Å²) in [6, 6.07) is 16.0. The van der Waals surface area contributed by atoms with Crippen molar-refractivity contribution in [3.63, 3.8) is 0 Å². The van der Waals surface area contributed by atoms with Crippen LogP contribution in [0, 0.1) is 13.8 Å². The lowest BCUT2D eigenvalue weighted by atomic mass is 10.2. The molecule has 7 nitrogen and oxygen atoms in total. The van der Waals surface area contributed by atoms with Crippen molar-refractivity contribution >= 4 is 34.3 Å². The first kappa shape index (κ1) is 15.1. The van der Waals surface area contributed by atoms with Crippen molar-refractivity contribution in [1.82, 2.24) is 20.3 Å². The second kappa shape index (κ2) is 6.20. The summed E-state index contributed by atoms with van der Waals surface area (Å²) in [5, 5.41) is 14.1. The van der Waals surface area contributed by atoms with Crippen LogP contribution >= 0.6 is 0 Å². The largest absolute Gasteiger partial charge is 0.337 e. The lowest BCUT2D eigenvalue weighted by molar-refractivity contribution is 0.314. The Hall–Kier alpha value is -3.48. The fraction of sp³-hybridized carbons (Fsp3) is 0.111. The molecule has 124 valence electrons. The van der Waals surface area contributed by atoms with Gasteiger partial charge in [0.15, 0.2) is 11.6 Å². The van der Waals surface area contributed by atoms with Crippen molar-refractivity contribution in [2.45, 2.75) is 13.8 Å². The predicted molar refractivity (Wildman–Crippen MR) is 96.3 cm³/mol. The fourth-order valence-electron chi connectivity index (χ4n) is 2.45. The van der Waals surface area contributed by atoms with E-state index in [4.69, 9.17) is 4.63 Å². The van der Waals surface area contributed by atoms with E-state index in [0.717, 1.165) is 16.9 Å². The van der Waals surface area contributed by atoms with Gasteiger partial charge in [0.2, 0.25) is 11.3 Å². The highest BCUT2D eigenvalue weighted by Crippen LogP contribution is 2.27. The molecule has 0 aliphatic heterocycles. The third-order valence-electron chi connectivity index (χ3n) is 3.71. The van der Waals surface area contributed by atoms with Crippen LogP contribution in [0.25, 0.3) is 11.3 Å². The third kappa shape index (κ3) is 3.25. The lowest BCUT2D eigenvalue weighted by Gasteiger charge is -2.12. The Morgan fingerprint density at radius 3 is 2.00 bits per heavy atom. The number of nitrogens with one attached hydrogen (secondary N) is 2. The second-order valence-corrected chi connectivity index (χ2v) is 5.82. The molecule has 0 atom stereocenters. The van der Waals surface area contributed by atoms with Gasteiger partial charge in [0.1, 0.15) is 0 Å². The van der Waals surface area contributed by atoms with Crippen molar-refractivity contribution in [3.8, 4) is 0 Å². The highest BCUT2D eigenvalue weighted by molar-refractivity contribution is 5.79. The summed E-state index contributed by atoms with van der Waals surface area (Å²) in [7, 11) is 0. The van der Waals surface area contributed by atoms with E-state index in [9.17, 15) is 0 Å². The van der Waals surface area contributed by atoms with E-state index < -0.39 is 0 Å². The molecule has 2 heterocycles.